The number of piperidine rings is 1. The highest BCUT2D eigenvalue weighted by Crippen LogP contribution is 2.35. The molecule has 2 fully saturated rings. The summed E-state index contributed by atoms with van der Waals surface area (Å²) < 4.78 is 5.33. The fraction of sp³-hybridized carbons (Fsp3) is 0.533. The fourth-order valence-corrected chi connectivity index (χ4v) is 3.36. The summed E-state index contributed by atoms with van der Waals surface area (Å²) in [6, 6.07) is 6.23. The molecule has 108 valence electrons. The number of methoxy groups -OCH3 is 1. The monoisotopic (exact) mass is 275 g/mol. The molecule has 5 nitrogen and oxygen atoms in total. The summed E-state index contributed by atoms with van der Waals surface area (Å²) in [5, 5.41) is 2.98. The van der Waals surface area contributed by atoms with Crippen LogP contribution in [0.2, 0.25) is 0 Å². The van der Waals surface area contributed by atoms with Gasteiger partial charge in [-0.15, -0.1) is 0 Å². The van der Waals surface area contributed by atoms with Crippen LogP contribution < -0.4 is 20.7 Å². The average Bonchev–Trinajstić information content (AvgIpc) is 2.88. The minimum Gasteiger partial charge on any atom is -0.497 e. The normalized spacial score (nSPS) is 25.3. The number of nitrogens with one attached hydrogen (secondary N) is 1. The minimum absolute atomic E-state index is 0.112. The first-order valence-corrected chi connectivity index (χ1v) is 7.16. The Hall–Kier alpha value is -1.75. The molecule has 0 spiro atoms. The van der Waals surface area contributed by atoms with Crippen molar-refractivity contribution in [3.63, 3.8) is 0 Å². The van der Waals surface area contributed by atoms with E-state index in [2.05, 4.69) is 10.2 Å². The highest BCUT2D eigenvalue weighted by Gasteiger charge is 2.41. The van der Waals surface area contributed by atoms with Gasteiger partial charge in [-0.2, -0.15) is 0 Å². The molecule has 2 aliphatic heterocycles. The van der Waals surface area contributed by atoms with Crippen LogP contribution in [0.5, 0.6) is 5.75 Å². The Morgan fingerprint density at radius 1 is 1.50 bits per heavy atom. The van der Waals surface area contributed by atoms with Gasteiger partial charge in [-0.25, -0.2) is 0 Å². The molecule has 5 heteroatoms. The first kappa shape index (κ1) is 13.2. The zero-order valence-electron chi connectivity index (χ0n) is 11.8. The predicted molar refractivity (Wildman–Crippen MR) is 77.8 cm³/mol. The van der Waals surface area contributed by atoms with E-state index in [0.717, 1.165) is 42.9 Å². The van der Waals surface area contributed by atoms with Crippen LogP contribution in [0.4, 0.5) is 5.69 Å². The molecule has 1 amide bonds. The van der Waals surface area contributed by atoms with E-state index >= 15 is 0 Å². The van der Waals surface area contributed by atoms with Crippen LogP contribution in [-0.4, -0.2) is 32.1 Å². The third-order valence-corrected chi connectivity index (χ3v) is 4.42. The summed E-state index contributed by atoms with van der Waals surface area (Å²) >= 11 is 0. The maximum atomic E-state index is 11.9. The van der Waals surface area contributed by atoms with Gasteiger partial charge in [0, 0.05) is 31.4 Å². The van der Waals surface area contributed by atoms with E-state index < -0.39 is 0 Å². The Kier molecular flexibility index (Phi) is 3.53. The number of hydrogen-bond acceptors (Lipinski definition) is 4. The predicted octanol–water partition coefficient (Wildman–Crippen LogP) is 0.869. The fourth-order valence-electron chi connectivity index (χ4n) is 3.36. The molecule has 0 bridgehead atoms. The number of nitrogens with zero attached hydrogens (tertiary/aromatic N) is 1. The van der Waals surface area contributed by atoms with Gasteiger partial charge in [0.15, 0.2) is 0 Å². The first-order chi connectivity index (χ1) is 9.74. The zero-order chi connectivity index (χ0) is 14.1. The van der Waals surface area contributed by atoms with Crippen LogP contribution in [0.3, 0.4) is 0 Å². The van der Waals surface area contributed by atoms with Crippen LogP contribution in [0.1, 0.15) is 18.4 Å². The smallest absolute Gasteiger partial charge is 0.225 e. The molecule has 1 aromatic carbocycles. The molecule has 0 aromatic heterocycles. The molecule has 0 aliphatic carbocycles. The van der Waals surface area contributed by atoms with Gasteiger partial charge in [0.2, 0.25) is 5.91 Å². The summed E-state index contributed by atoms with van der Waals surface area (Å²) in [5.74, 6) is 1.13. The lowest BCUT2D eigenvalue weighted by atomic mass is 9.90. The van der Waals surface area contributed by atoms with Crippen LogP contribution in [0, 0.1) is 5.92 Å². The maximum Gasteiger partial charge on any atom is 0.225 e. The second-order valence-electron chi connectivity index (χ2n) is 5.45. The van der Waals surface area contributed by atoms with Crippen molar-refractivity contribution in [3.8, 4) is 5.75 Å². The van der Waals surface area contributed by atoms with Crippen LogP contribution in [0.25, 0.3) is 0 Å². The van der Waals surface area contributed by atoms with Gasteiger partial charge in [-0.3, -0.25) is 4.79 Å². The Labute approximate surface area is 119 Å². The molecule has 3 N–H and O–H groups in total. The Bertz CT molecular complexity index is 518. The largest absolute Gasteiger partial charge is 0.497 e. The molecule has 2 heterocycles. The number of carbonyl (C=O) groups excluding carboxylic acids is 1. The number of ether oxygens (including phenoxy) is 1. The highest BCUT2D eigenvalue weighted by atomic mass is 16.5. The van der Waals surface area contributed by atoms with Crippen LogP contribution >= 0.6 is 0 Å². The van der Waals surface area contributed by atoms with E-state index in [4.69, 9.17) is 10.5 Å². The second-order valence-corrected chi connectivity index (χ2v) is 5.45. The number of nitrogens with two attached hydrogens (primary N) is 1. The number of anilines is 1. The van der Waals surface area contributed by atoms with Crippen LogP contribution in [-0.2, 0) is 11.3 Å². The standard InChI is InChI=1S/C15H21N3O2/c1-20-11-5-4-10(8-16)13(7-11)18-6-2-3-12-14(18)9-17-15(12)19/h4-5,7,12,14H,2-3,6,8-9,16H2,1H3,(H,17,19). The van der Waals surface area contributed by atoms with Crippen molar-refractivity contribution >= 4 is 11.6 Å². The number of fused-ring (bicyclic) bond motifs is 1. The summed E-state index contributed by atoms with van der Waals surface area (Å²) in [5.41, 5.74) is 8.08. The van der Waals surface area contributed by atoms with Gasteiger partial charge >= 0.3 is 0 Å². The first-order valence-electron chi connectivity index (χ1n) is 7.16. The summed E-state index contributed by atoms with van der Waals surface area (Å²) in [6.07, 6.45) is 2.02. The van der Waals surface area contributed by atoms with Gasteiger partial charge < -0.3 is 20.7 Å². The Balaban J connectivity index is 1.96. The number of hydrogen-bond donors (Lipinski definition) is 2. The highest BCUT2D eigenvalue weighted by molar-refractivity contribution is 5.83. The van der Waals surface area contributed by atoms with Gasteiger partial charge in [0.05, 0.1) is 19.1 Å². The van der Waals surface area contributed by atoms with Gasteiger partial charge in [0.1, 0.15) is 5.75 Å². The number of carbonyl (C=O) groups is 1. The molecule has 3 rings (SSSR count). The van der Waals surface area contributed by atoms with Crippen molar-refractivity contribution in [2.24, 2.45) is 11.7 Å². The molecule has 20 heavy (non-hydrogen) atoms. The van der Waals surface area contributed by atoms with Crippen molar-refractivity contribution < 1.29 is 9.53 Å². The van der Waals surface area contributed by atoms with Crippen molar-refractivity contribution in [1.29, 1.82) is 0 Å². The maximum absolute atomic E-state index is 11.9. The van der Waals surface area contributed by atoms with Crippen molar-refractivity contribution in [2.75, 3.05) is 25.1 Å². The molecule has 2 unspecified atom stereocenters. The number of benzene rings is 1. The van der Waals surface area contributed by atoms with Crippen molar-refractivity contribution in [3.05, 3.63) is 23.8 Å². The lowest BCUT2D eigenvalue weighted by Gasteiger charge is -2.38. The molecule has 1 aromatic rings. The van der Waals surface area contributed by atoms with Crippen molar-refractivity contribution in [2.45, 2.75) is 25.4 Å². The topological polar surface area (TPSA) is 67.6 Å². The summed E-state index contributed by atoms with van der Waals surface area (Å²) in [7, 11) is 1.67. The minimum atomic E-state index is 0.112. The second kappa shape index (κ2) is 5.32. The van der Waals surface area contributed by atoms with E-state index in [-0.39, 0.29) is 17.9 Å². The molecule has 0 radical (unpaired) electrons. The number of amides is 1. The van der Waals surface area contributed by atoms with E-state index in [1.165, 1.54) is 0 Å². The van der Waals surface area contributed by atoms with Gasteiger partial charge in [0.25, 0.3) is 0 Å². The lowest BCUT2D eigenvalue weighted by Crippen LogP contribution is -2.46. The van der Waals surface area contributed by atoms with Crippen molar-refractivity contribution in [1.82, 2.24) is 5.32 Å². The Morgan fingerprint density at radius 2 is 2.35 bits per heavy atom. The van der Waals surface area contributed by atoms with E-state index in [9.17, 15) is 4.79 Å². The van der Waals surface area contributed by atoms with E-state index in [1.807, 2.05) is 18.2 Å². The summed E-state index contributed by atoms with van der Waals surface area (Å²) in [6.45, 7) is 2.19. The molecule has 2 aliphatic rings. The third-order valence-electron chi connectivity index (χ3n) is 4.42. The summed E-state index contributed by atoms with van der Waals surface area (Å²) in [4.78, 5) is 14.2. The average molecular weight is 275 g/mol. The molecule has 2 atom stereocenters. The van der Waals surface area contributed by atoms with Gasteiger partial charge in [-0.05, 0) is 24.5 Å². The molecule has 0 saturated carbocycles. The molecule has 2 saturated heterocycles. The lowest BCUT2D eigenvalue weighted by molar-refractivity contribution is -0.122. The van der Waals surface area contributed by atoms with Gasteiger partial charge in [-0.1, -0.05) is 6.07 Å². The zero-order valence-corrected chi connectivity index (χ0v) is 11.8. The quantitative estimate of drug-likeness (QED) is 0.859. The third kappa shape index (κ3) is 2.12. The Morgan fingerprint density at radius 3 is 3.10 bits per heavy atom. The van der Waals surface area contributed by atoms with Crippen LogP contribution in [0.15, 0.2) is 18.2 Å². The SMILES string of the molecule is COc1ccc(CN)c(N2CCCC3C(=O)NCC32)c1. The molecular formula is C15H21N3O2. The number of rotatable bonds is 3. The van der Waals surface area contributed by atoms with E-state index in [1.54, 1.807) is 7.11 Å². The molecular weight excluding hydrogens is 254 g/mol. The van der Waals surface area contributed by atoms with E-state index in [0.29, 0.717) is 6.54 Å².